The third-order valence-electron chi connectivity index (χ3n) is 5.19. The van der Waals surface area contributed by atoms with E-state index in [4.69, 9.17) is 17.0 Å². The summed E-state index contributed by atoms with van der Waals surface area (Å²) in [6.07, 6.45) is 1.57. The highest BCUT2D eigenvalue weighted by molar-refractivity contribution is 7.80. The summed E-state index contributed by atoms with van der Waals surface area (Å²) in [6.45, 7) is 0.267. The molecule has 0 aliphatic carbocycles. The van der Waals surface area contributed by atoms with Crippen molar-refractivity contribution in [2.75, 3.05) is 17.2 Å². The third kappa shape index (κ3) is 10.1. The second kappa shape index (κ2) is 14.4. The van der Waals surface area contributed by atoms with E-state index in [9.17, 15) is 14.4 Å². The Balaban J connectivity index is 1.34. The van der Waals surface area contributed by atoms with E-state index in [1.807, 2.05) is 60.7 Å². The van der Waals surface area contributed by atoms with E-state index in [-0.39, 0.29) is 30.5 Å². The lowest BCUT2D eigenvalue weighted by molar-refractivity contribution is -0.144. The average Bonchev–Trinajstić information content (AvgIpc) is 2.88. The van der Waals surface area contributed by atoms with Gasteiger partial charge in [-0.15, -0.1) is 0 Å². The predicted molar refractivity (Wildman–Crippen MR) is 145 cm³/mol. The quantitative estimate of drug-likeness (QED) is 0.261. The summed E-state index contributed by atoms with van der Waals surface area (Å²) in [7, 11) is 0. The van der Waals surface area contributed by atoms with Crippen molar-refractivity contribution in [2.45, 2.75) is 32.1 Å². The van der Waals surface area contributed by atoms with Gasteiger partial charge < -0.3 is 20.7 Å². The highest BCUT2D eigenvalue weighted by atomic mass is 32.1. The highest BCUT2D eigenvalue weighted by Gasteiger charge is 2.10. The Hall–Kier alpha value is -4.04. The Morgan fingerprint density at radius 2 is 1.28 bits per heavy atom. The molecule has 2 amide bonds. The fourth-order valence-corrected chi connectivity index (χ4v) is 3.60. The van der Waals surface area contributed by atoms with Gasteiger partial charge in [-0.1, -0.05) is 66.7 Å². The summed E-state index contributed by atoms with van der Waals surface area (Å²) >= 11 is 5.20. The number of anilines is 2. The van der Waals surface area contributed by atoms with Crippen molar-refractivity contribution >= 4 is 46.5 Å². The molecule has 0 saturated carbocycles. The van der Waals surface area contributed by atoms with Crippen LogP contribution in [0.25, 0.3) is 0 Å². The van der Waals surface area contributed by atoms with Gasteiger partial charge in [-0.25, -0.2) is 0 Å². The fraction of sp³-hybridized carbons (Fsp3) is 0.214. The van der Waals surface area contributed by atoms with Crippen molar-refractivity contribution < 1.29 is 19.1 Å². The van der Waals surface area contributed by atoms with E-state index < -0.39 is 11.9 Å². The lowest BCUT2D eigenvalue weighted by atomic mass is 10.1. The number of benzene rings is 3. The molecule has 3 rings (SSSR count). The minimum atomic E-state index is -0.435. The molecule has 0 aliphatic rings. The number of esters is 1. The van der Waals surface area contributed by atoms with E-state index in [2.05, 4.69) is 16.0 Å². The molecule has 0 unspecified atom stereocenters. The number of hydrogen-bond donors (Lipinski definition) is 3. The number of aryl methyl sites for hydroxylation is 1. The maximum Gasteiger partial charge on any atom is 0.306 e. The van der Waals surface area contributed by atoms with Gasteiger partial charge in [0.1, 0.15) is 0 Å². The molecule has 0 heterocycles. The zero-order valence-corrected chi connectivity index (χ0v) is 20.7. The molecule has 0 saturated heterocycles. The molecule has 7 nitrogen and oxygen atoms in total. The molecular formula is C28H29N3O4S. The number of carbonyl (C=O) groups is 3. The number of nitrogens with one attached hydrogen (secondary N) is 3. The SMILES string of the molecule is O=C(CCC(=O)OCCc1ccccc1)NC(=S)Nc1cccc(NC(=O)CCc2ccccc2)c1. The second-order valence-electron chi connectivity index (χ2n) is 8.07. The lowest BCUT2D eigenvalue weighted by Crippen LogP contribution is -2.34. The van der Waals surface area contributed by atoms with E-state index in [1.54, 1.807) is 24.3 Å². The summed E-state index contributed by atoms with van der Waals surface area (Å²) in [5.74, 6) is -0.920. The smallest absolute Gasteiger partial charge is 0.306 e. The first-order valence-corrected chi connectivity index (χ1v) is 12.1. The molecule has 0 atom stereocenters. The Morgan fingerprint density at radius 1 is 0.667 bits per heavy atom. The maximum absolute atomic E-state index is 12.3. The standard InChI is InChI=1S/C28H29N3O4S/c32-25(15-14-21-8-3-1-4-9-21)29-23-12-7-13-24(20-23)30-28(36)31-26(33)16-17-27(34)35-19-18-22-10-5-2-6-11-22/h1-13,20H,14-19H2,(H,29,32)(H2,30,31,33,36). The number of hydrogen-bond acceptors (Lipinski definition) is 5. The normalized spacial score (nSPS) is 10.2. The fourth-order valence-electron chi connectivity index (χ4n) is 3.37. The predicted octanol–water partition coefficient (Wildman–Crippen LogP) is 4.64. The summed E-state index contributed by atoms with van der Waals surface area (Å²) < 4.78 is 5.18. The Kier molecular flexibility index (Phi) is 10.6. The summed E-state index contributed by atoms with van der Waals surface area (Å²) in [5, 5.41) is 8.43. The van der Waals surface area contributed by atoms with E-state index in [0.717, 1.165) is 11.1 Å². The van der Waals surface area contributed by atoms with Crippen molar-refractivity contribution in [1.29, 1.82) is 0 Å². The summed E-state index contributed by atoms with van der Waals surface area (Å²) in [4.78, 5) is 36.3. The van der Waals surface area contributed by atoms with Crippen molar-refractivity contribution in [3.05, 3.63) is 96.1 Å². The Bertz CT molecular complexity index is 1170. The molecule has 0 radical (unpaired) electrons. The molecule has 0 aliphatic heterocycles. The van der Waals surface area contributed by atoms with Crippen LogP contribution < -0.4 is 16.0 Å². The zero-order chi connectivity index (χ0) is 25.6. The first-order valence-electron chi connectivity index (χ1n) is 11.7. The van der Waals surface area contributed by atoms with Gasteiger partial charge in [0.05, 0.1) is 13.0 Å². The highest BCUT2D eigenvalue weighted by Crippen LogP contribution is 2.16. The molecule has 8 heteroatoms. The molecular weight excluding hydrogens is 474 g/mol. The topological polar surface area (TPSA) is 96.5 Å². The van der Waals surface area contributed by atoms with E-state index in [1.165, 1.54) is 0 Å². The maximum atomic E-state index is 12.3. The lowest BCUT2D eigenvalue weighted by Gasteiger charge is -2.11. The van der Waals surface area contributed by atoms with Crippen LogP contribution in [-0.4, -0.2) is 29.5 Å². The molecule has 3 aromatic carbocycles. The van der Waals surface area contributed by atoms with Crippen LogP contribution in [0.4, 0.5) is 11.4 Å². The Morgan fingerprint density at radius 3 is 1.94 bits per heavy atom. The zero-order valence-electron chi connectivity index (χ0n) is 19.9. The minimum Gasteiger partial charge on any atom is -0.465 e. The van der Waals surface area contributed by atoms with Gasteiger partial charge >= 0.3 is 5.97 Å². The van der Waals surface area contributed by atoms with Gasteiger partial charge in [-0.2, -0.15) is 0 Å². The van der Waals surface area contributed by atoms with Gasteiger partial charge in [-0.3, -0.25) is 14.4 Å². The monoisotopic (exact) mass is 503 g/mol. The number of carbonyl (C=O) groups excluding carboxylic acids is 3. The van der Waals surface area contributed by atoms with Crippen molar-refractivity contribution in [2.24, 2.45) is 0 Å². The number of thiocarbonyl (C=S) groups is 1. The number of amides is 2. The van der Waals surface area contributed by atoms with Crippen molar-refractivity contribution in [3.63, 3.8) is 0 Å². The van der Waals surface area contributed by atoms with Gasteiger partial charge in [0.25, 0.3) is 0 Å². The molecule has 186 valence electrons. The van der Waals surface area contributed by atoms with Crippen LogP contribution in [0.1, 0.15) is 30.4 Å². The molecule has 36 heavy (non-hydrogen) atoms. The van der Waals surface area contributed by atoms with Crippen LogP contribution in [0.3, 0.4) is 0 Å². The van der Waals surface area contributed by atoms with Crippen molar-refractivity contribution in [1.82, 2.24) is 5.32 Å². The van der Waals surface area contributed by atoms with Crippen LogP contribution in [0.5, 0.6) is 0 Å². The van der Waals surface area contributed by atoms with Gasteiger partial charge in [0, 0.05) is 30.6 Å². The van der Waals surface area contributed by atoms with Crippen LogP contribution >= 0.6 is 12.2 Å². The first kappa shape index (κ1) is 26.6. The molecule has 0 fully saturated rings. The summed E-state index contributed by atoms with van der Waals surface area (Å²) in [5.41, 5.74) is 3.41. The first-order chi connectivity index (χ1) is 17.5. The van der Waals surface area contributed by atoms with Gasteiger partial charge in [0.2, 0.25) is 11.8 Å². The Labute approximate surface area is 216 Å². The van der Waals surface area contributed by atoms with E-state index in [0.29, 0.717) is 30.6 Å². The van der Waals surface area contributed by atoms with E-state index >= 15 is 0 Å². The largest absolute Gasteiger partial charge is 0.465 e. The third-order valence-corrected chi connectivity index (χ3v) is 5.40. The molecule has 3 N–H and O–H groups in total. The molecule has 3 aromatic rings. The van der Waals surface area contributed by atoms with Crippen LogP contribution in [-0.2, 0) is 32.0 Å². The summed E-state index contributed by atoms with van der Waals surface area (Å²) in [6, 6.07) is 26.6. The molecule has 0 spiro atoms. The molecule has 0 aromatic heterocycles. The average molecular weight is 504 g/mol. The second-order valence-corrected chi connectivity index (χ2v) is 8.48. The van der Waals surface area contributed by atoms with Crippen molar-refractivity contribution in [3.8, 4) is 0 Å². The minimum absolute atomic E-state index is 0.0340. The van der Waals surface area contributed by atoms with Crippen LogP contribution in [0.15, 0.2) is 84.9 Å². The number of rotatable bonds is 11. The van der Waals surface area contributed by atoms with Crippen LogP contribution in [0, 0.1) is 0 Å². The van der Waals surface area contributed by atoms with Gasteiger partial charge in [-0.05, 0) is 48.0 Å². The number of ether oxygens (including phenoxy) is 1. The van der Waals surface area contributed by atoms with Crippen LogP contribution in [0.2, 0.25) is 0 Å². The van der Waals surface area contributed by atoms with Gasteiger partial charge in [0.15, 0.2) is 5.11 Å². The molecule has 0 bridgehead atoms.